The lowest BCUT2D eigenvalue weighted by Crippen LogP contribution is -2.63. The number of ether oxygens (including phenoxy) is 8. The lowest BCUT2D eigenvalue weighted by Gasteiger charge is -2.54. The van der Waals surface area contributed by atoms with Gasteiger partial charge in [0.25, 0.3) is 0 Å². The summed E-state index contributed by atoms with van der Waals surface area (Å²) in [5.41, 5.74) is -0.155. The van der Waals surface area contributed by atoms with Crippen LogP contribution in [0.5, 0.6) is 0 Å². The van der Waals surface area contributed by atoms with Crippen LogP contribution in [0.15, 0.2) is 109 Å². The van der Waals surface area contributed by atoms with E-state index in [-0.39, 0.29) is 108 Å². The van der Waals surface area contributed by atoms with Gasteiger partial charge in [0, 0.05) is 74.5 Å². The molecule has 15 rings (SSSR count). The summed E-state index contributed by atoms with van der Waals surface area (Å²) >= 11 is 0. The van der Waals surface area contributed by atoms with Crippen molar-refractivity contribution in [2.24, 2.45) is 71.0 Å². The van der Waals surface area contributed by atoms with Gasteiger partial charge in [0.2, 0.25) is 5.91 Å². The number of hydrogen-bond acceptors (Lipinski definition) is 14. The van der Waals surface area contributed by atoms with E-state index in [1.807, 2.05) is 124 Å². The predicted molar refractivity (Wildman–Crippen MR) is 377 cm³/mol. The van der Waals surface area contributed by atoms with E-state index in [0.717, 1.165) is 100 Å². The number of rotatable bonds is 18. The third kappa shape index (κ3) is 13.6. The molecule has 3 aromatic carbocycles. The summed E-state index contributed by atoms with van der Waals surface area (Å²) in [6, 6.07) is 29.4. The first-order chi connectivity index (χ1) is 47.6. The Morgan fingerprint density at radius 1 is 0.414 bits per heavy atom. The first kappa shape index (κ1) is 71.0. The quantitative estimate of drug-likeness (QED) is 0.0719. The molecular weight excluding hydrogens is 1250 g/mol. The number of nitrogens with one attached hydrogen (secondary N) is 1. The summed E-state index contributed by atoms with van der Waals surface area (Å²) in [6.07, 6.45) is 28.2. The van der Waals surface area contributed by atoms with E-state index in [1.54, 1.807) is 18.2 Å². The van der Waals surface area contributed by atoms with Crippen LogP contribution in [-0.2, 0) is 66.7 Å². The number of hydrogen-bond donors (Lipinski definition) is 1. The molecule has 12 fully saturated rings. The fourth-order valence-corrected chi connectivity index (χ4v) is 21.4. The number of esters is 5. The molecule has 534 valence electrons. The summed E-state index contributed by atoms with van der Waals surface area (Å²) < 4.78 is 52.0. The first-order valence-corrected chi connectivity index (χ1v) is 38.2. The third-order valence-electron chi connectivity index (χ3n) is 26.6. The Kier molecular flexibility index (Phi) is 20.6. The molecule has 3 aromatic rings. The van der Waals surface area contributed by atoms with Crippen molar-refractivity contribution in [2.45, 2.75) is 267 Å². The maximum Gasteiger partial charge on any atom is 0.331 e. The highest BCUT2D eigenvalue weighted by atomic mass is 16.6. The van der Waals surface area contributed by atoms with E-state index >= 15 is 0 Å². The van der Waals surface area contributed by atoms with Gasteiger partial charge in [-0.25, -0.2) is 14.4 Å². The molecule has 0 aromatic heterocycles. The summed E-state index contributed by atoms with van der Waals surface area (Å²) in [5.74, 6) is 2.63. The summed E-state index contributed by atoms with van der Waals surface area (Å²) in [7, 11) is 0. The molecular formula is C84H109NO14. The lowest BCUT2D eigenvalue weighted by atomic mass is 9.66. The van der Waals surface area contributed by atoms with Crippen molar-refractivity contribution in [1.29, 1.82) is 0 Å². The topological polar surface area (TPSA) is 188 Å². The van der Waals surface area contributed by atoms with E-state index in [0.29, 0.717) is 67.6 Å². The van der Waals surface area contributed by atoms with Crippen LogP contribution in [0.1, 0.15) is 214 Å². The van der Waals surface area contributed by atoms with Gasteiger partial charge < -0.3 is 43.2 Å². The Morgan fingerprint density at radius 2 is 0.747 bits per heavy atom. The summed E-state index contributed by atoms with van der Waals surface area (Å²) in [4.78, 5) is 76.2. The number of benzene rings is 3. The smallest absolute Gasteiger partial charge is 0.331 e. The minimum atomic E-state index is -0.593. The Bertz CT molecular complexity index is 3340. The van der Waals surface area contributed by atoms with Crippen molar-refractivity contribution in [1.82, 2.24) is 5.32 Å². The van der Waals surface area contributed by atoms with Crippen molar-refractivity contribution in [3.05, 3.63) is 126 Å². The summed E-state index contributed by atoms with van der Waals surface area (Å²) in [6.45, 7) is 18.9. The average Bonchev–Trinajstić information content (AvgIpc) is 1.54. The maximum atomic E-state index is 13.2. The molecule has 6 aliphatic carbocycles. The van der Waals surface area contributed by atoms with Gasteiger partial charge in [0.05, 0.1) is 11.6 Å². The molecule has 0 spiro atoms. The van der Waals surface area contributed by atoms with Gasteiger partial charge >= 0.3 is 29.8 Å². The second kappa shape index (κ2) is 28.8. The highest BCUT2D eigenvalue weighted by Gasteiger charge is 2.77. The van der Waals surface area contributed by atoms with Gasteiger partial charge in [-0.05, 0) is 186 Å². The minimum absolute atomic E-state index is 0.0306. The largest absolute Gasteiger partial charge is 0.459 e. The molecule has 6 bridgehead atoms. The molecule has 6 saturated heterocycles. The van der Waals surface area contributed by atoms with E-state index < -0.39 is 33.6 Å². The Labute approximate surface area is 587 Å². The van der Waals surface area contributed by atoms with Gasteiger partial charge in [-0.2, -0.15) is 0 Å². The van der Waals surface area contributed by atoms with Crippen LogP contribution in [-0.4, -0.2) is 106 Å². The highest BCUT2D eigenvalue weighted by Crippen LogP contribution is 2.69. The van der Waals surface area contributed by atoms with Crippen LogP contribution in [0.3, 0.4) is 0 Å². The van der Waals surface area contributed by atoms with Crippen LogP contribution in [0.4, 0.5) is 0 Å². The molecule has 0 radical (unpaired) electrons. The molecule has 15 heteroatoms. The van der Waals surface area contributed by atoms with Gasteiger partial charge in [-0.15, -0.1) is 0 Å². The molecule has 15 nitrogen and oxygen atoms in total. The van der Waals surface area contributed by atoms with Crippen LogP contribution in [0, 0.1) is 71.0 Å². The van der Waals surface area contributed by atoms with Gasteiger partial charge in [-0.3, -0.25) is 14.4 Å². The van der Waals surface area contributed by atoms with E-state index in [1.165, 1.54) is 25.3 Å². The Hall–Kier alpha value is -6.42. The normalized spacial score (nSPS) is 39.8. The van der Waals surface area contributed by atoms with E-state index in [2.05, 4.69) is 46.9 Å². The molecule has 6 saturated carbocycles. The van der Waals surface area contributed by atoms with Crippen molar-refractivity contribution in [3.63, 3.8) is 0 Å². The fourth-order valence-electron chi connectivity index (χ4n) is 21.4. The SMILES string of the molecule is CCC(=O)NC1CC2(C3CC3)OC1(C)C1CCC(C)C1[C@@H]2OC(=O)/C=C/c1ccccc1.CCC(=O)OC1CC2(C3CC3)OC1(C)C1CCC(C)C1[C@@H]2OC(=O)/C=C/c1ccccc1.CCC(=O)OC1CC2(C3CCCCC3)OC1(C)C1CCC(C)C1C2OC(=O)/C=C/c1ccccc1. The summed E-state index contributed by atoms with van der Waals surface area (Å²) in [5, 5.41) is 3.28. The minimum Gasteiger partial charge on any atom is -0.459 e. The number of amides is 1. The van der Waals surface area contributed by atoms with Crippen molar-refractivity contribution in [2.75, 3.05) is 0 Å². The zero-order chi connectivity index (χ0) is 69.7. The lowest BCUT2D eigenvalue weighted by molar-refractivity contribution is -0.270. The van der Waals surface area contributed by atoms with Crippen molar-refractivity contribution < 1.29 is 66.7 Å². The fraction of sp³-hybridized carbons (Fsp3) is 0.643. The average molecular weight is 1360 g/mol. The molecule has 21 atom stereocenters. The van der Waals surface area contributed by atoms with Gasteiger partial charge in [0.1, 0.15) is 58.5 Å². The van der Waals surface area contributed by atoms with Crippen LogP contribution in [0.2, 0.25) is 0 Å². The van der Waals surface area contributed by atoms with E-state index in [4.69, 9.17) is 37.9 Å². The Balaban J connectivity index is 0.000000134. The molecule has 19 unspecified atom stereocenters. The Morgan fingerprint density at radius 3 is 1.09 bits per heavy atom. The monoisotopic (exact) mass is 1360 g/mol. The number of carbonyl (C=O) groups is 6. The van der Waals surface area contributed by atoms with Crippen LogP contribution < -0.4 is 5.32 Å². The molecule has 6 heterocycles. The molecule has 1 N–H and O–H groups in total. The predicted octanol–water partition coefficient (Wildman–Crippen LogP) is 15.6. The third-order valence-corrected chi connectivity index (χ3v) is 26.6. The van der Waals surface area contributed by atoms with Gasteiger partial charge in [-0.1, -0.05) is 152 Å². The maximum absolute atomic E-state index is 13.2. The second-order valence-corrected chi connectivity index (χ2v) is 32.4. The number of carbonyl (C=O) groups excluding carboxylic acids is 6. The highest BCUT2D eigenvalue weighted by molar-refractivity contribution is 5.88. The van der Waals surface area contributed by atoms with Crippen LogP contribution in [0.25, 0.3) is 18.2 Å². The standard InChI is InChI=1S/C30H40O5.C27H35NO4.C27H34O5/c1-4-25(31)33-24-19-30(22-13-9-6-10-14-22)28(27-20(2)15-17-23(27)29(24,3)35-30)34-26(32)18-16-21-11-7-5-8-12-21;1-4-22(29)28-21-16-27(19-12-13-19)25(24-17(2)10-14-20(24)26(21,3)32-27)31-23(30)15-11-18-8-6-5-7-9-18;1-4-22(28)30-21-16-27(19-12-13-19)25(24-17(2)10-14-20(24)26(21,3)32-27)31-23(29)15-11-18-8-6-5-7-9-18/h5,7-8,11-12,16,18,20,22-24,27-28H,4,6,9-10,13-15,17,19H2,1-3H3;5-9,11,15,17,19-21,24-25H,4,10,12-14,16H2,1-3H3,(H,28,29);5-9,11,15,17,19-21,24-25H,4,10,12-14,16H2,1-3H3/b18-16+;2*15-11+/t;2*17?,20?,21?,24?,25-,26?,27?/m.00/s1. The van der Waals surface area contributed by atoms with Crippen LogP contribution >= 0.6 is 0 Å². The van der Waals surface area contributed by atoms with Crippen molar-refractivity contribution >= 4 is 54.0 Å². The zero-order valence-electron chi connectivity index (χ0n) is 60.1. The molecule has 6 aliphatic heterocycles. The first-order valence-electron chi connectivity index (χ1n) is 38.2. The van der Waals surface area contributed by atoms with Crippen molar-refractivity contribution in [3.8, 4) is 0 Å². The zero-order valence-corrected chi connectivity index (χ0v) is 60.1. The second-order valence-electron chi connectivity index (χ2n) is 32.4. The molecule has 99 heavy (non-hydrogen) atoms. The van der Waals surface area contributed by atoms with Gasteiger partial charge in [0.15, 0.2) is 0 Å². The van der Waals surface area contributed by atoms with E-state index in [9.17, 15) is 28.8 Å². The molecule has 12 aliphatic rings. The molecule has 1 amide bonds. The number of fused-ring (bicyclic) bond motifs is 12.